The Balaban J connectivity index is 1.65. The van der Waals surface area contributed by atoms with Crippen molar-refractivity contribution in [2.75, 3.05) is 38.3 Å². The third kappa shape index (κ3) is 5.29. The Labute approximate surface area is 198 Å². The first-order valence-corrected chi connectivity index (χ1v) is 11.9. The van der Waals surface area contributed by atoms with E-state index < -0.39 is 0 Å². The molecule has 8 heteroatoms. The average molecular weight is 466 g/mol. The first-order chi connectivity index (χ1) is 16.1. The molecule has 0 N–H and O–H groups in total. The van der Waals surface area contributed by atoms with Crippen LogP contribution in [0.1, 0.15) is 18.9 Å². The molecular weight excluding hydrogens is 438 g/mol. The van der Waals surface area contributed by atoms with E-state index in [1.807, 2.05) is 54.3 Å². The lowest BCUT2D eigenvalue weighted by Gasteiger charge is -2.30. The number of carbonyl (C=O) groups excluding carboxylic acids is 2. The van der Waals surface area contributed by atoms with Crippen LogP contribution in [-0.2, 0) is 14.3 Å². The number of carbonyl (C=O) groups is 2. The molecule has 2 aliphatic rings. The van der Waals surface area contributed by atoms with E-state index in [9.17, 15) is 9.59 Å². The Morgan fingerprint density at radius 2 is 1.85 bits per heavy atom. The maximum absolute atomic E-state index is 13.4. The van der Waals surface area contributed by atoms with Crippen molar-refractivity contribution in [3.05, 3.63) is 65.9 Å². The minimum atomic E-state index is -0.341. The molecule has 0 spiro atoms. The summed E-state index contributed by atoms with van der Waals surface area (Å²) in [5.41, 5.74) is 1.91. The van der Waals surface area contributed by atoms with Gasteiger partial charge < -0.3 is 14.4 Å². The second-order valence-corrected chi connectivity index (χ2v) is 8.80. The first kappa shape index (κ1) is 23.1. The largest absolute Gasteiger partial charge is 0.497 e. The summed E-state index contributed by atoms with van der Waals surface area (Å²) >= 11 is 1.34. The van der Waals surface area contributed by atoms with Crippen LogP contribution in [0.2, 0.25) is 0 Å². The summed E-state index contributed by atoms with van der Waals surface area (Å²) in [4.78, 5) is 34.6. The van der Waals surface area contributed by atoms with Gasteiger partial charge in [-0.1, -0.05) is 49.0 Å². The third-order valence-electron chi connectivity index (χ3n) is 5.48. The van der Waals surface area contributed by atoms with Gasteiger partial charge in [-0.3, -0.25) is 14.5 Å². The summed E-state index contributed by atoms with van der Waals surface area (Å²) in [6, 6.07) is 16.9. The highest BCUT2D eigenvalue weighted by Crippen LogP contribution is 2.33. The fourth-order valence-electron chi connectivity index (χ4n) is 3.66. The normalized spacial score (nSPS) is 18.4. The molecule has 1 atom stereocenters. The number of methoxy groups -OCH3 is 1. The molecular formula is C25H27N3O4S. The van der Waals surface area contributed by atoms with Gasteiger partial charge >= 0.3 is 0 Å². The van der Waals surface area contributed by atoms with E-state index in [-0.39, 0.29) is 17.1 Å². The van der Waals surface area contributed by atoms with Crippen molar-refractivity contribution in [2.24, 2.45) is 4.99 Å². The molecule has 2 aromatic rings. The van der Waals surface area contributed by atoms with Crippen LogP contribution in [-0.4, -0.2) is 60.5 Å². The highest BCUT2D eigenvalue weighted by Gasteiger charge is 2.36. The number of aliphatic imine (C=N–C) groups is 1. The Morgan fingerprint density at radius 3 is 2.48 bits per heavy atom. The molecule has 33 heavy (non-hydrogen) atoms. The van der Waals surface area contributed by atoms with Crippen LogP contribution < -0.4 is 9.64 Å². The van der Waals surface area contributed by atoms with Crippen LogP contribution in [0.15, 0.2) is 65.3 Å². The van der Waals surface area contributed by atoms with Gasteiger partial charge in [0.15, 0.2) is 5.17 Å². The number of hydrogen-bond acceptors (Lipinski definition) is 6. The number of anilines is 1. The maximum atomic E-state index is 13.4. The van der Waals surface area contributed by atoms with Crippen molar-refractivity contribution < 1.29 is 19.1 Å². The molecule has 0 unspecified atom stereocenters. The van der Waals surface area contributed by atoms with Crippen LogP contribution in [0, 0.1) is 0 Å². The predicted molar refractivity (Wildman–Crippen MR) is 131 cm³/mol. The quantitative estimate of drug-likeness (QED) is 0.607. The molecule has 0 aliphatic carbocycles. The van der Waals surface area contributed by atoms with Crippen LogP contribution in [0.3, 0.4) is 0 Å². The molecule has 1 fully saturated rings. The van der Waals surface area contributed by atoms with Gasteiger partial charge in [-0.25, -0.2) is 4.99 Å². The van der Waals surface area contributed by atoms with Crippen molar-refractivity contribution in [1.29, 1.82) is 0 Å². The van der Waals surface area contributed by atoms with Crippen molar-refractivity contribution >= 4 is 40.5 Å². The molecule has 0 radical (unpaired) electrons. The zero-order valence-electron chi connectivity index (χ0n) is 18.8. The summed E-state index contributed by atoms with van der Waals surface area (Å²) in [5.74, 6) is 0.529. The fourth-order valence-corrected chi connectivity index (χ4v) is 4.78. The van der Waals surface area contributed by atoms with Gasteiger partial charge in [-0.2, -0.15) is 0 Å². The van der Waals surface area contributed by atoms with Crippen LogP contribution in [0.25, 0.3) is 6.08 Å². The van der Waals surface area contributed by atoms with E-state index in [1.165, 1.54) is 11.8 Å². The molecule has 2 heterocycles. The first-order valence-electron chi connectivity index (χ1n) is 11.0. The van der Waals surface area contributed by atoms with Gasteiger partial charge in [-0.05, 0) is 42.3 Å². The number of benzene rings is 2. The predicted octanol–water partition coefficient (Wildman–Crippen LogP) is 3.81. The lowest BCUT2D eigenvalue weighted by Crippen LogP contribution is -2.45. The van der Waals surface area contributed by atoms with Crippen molar-refractivity contribution in [3.8, 4) is 5.75 Å². The van der Waals surface area contributed by atoms with E-state index in [0.717, 1.165) is 5.56 Å². The molecule has 172 valence electrons. The number of thioether (sulfide) groups is 1. The molecule has 4 rings (SSSR count). The lowest BCUT2D eigenvalue weighted by molar-refractivity contribution is -0.134. The topological polar surface area (TPSA) is 71.4 Å². The Hall–Kier alpha value is -3.10. The highest BCUT2D eigenvalue weighted by atomic mass is 32.2. The summed E-state index contributed by atoms with van der Waals surface area (Å²) in [6.07, 6.45) is 2.40. The smallest absolute Gasteiger partial charge is 0.283 e. The number of morpholine rings is 1. The van der Waals surface area contributed by atoms with Crippen molar-refractivity contribution in [1.82, 2.24) is 4.90 Å². The average Bonchev–Trinajstić information content (AvgIpc) is 3.17. The molecule has 7 nitrogen and oxygen atoms in total. The summed E-state index contributed by atoms with van der Waals surface area (Å²) in [7, 11) is 1.60. The molecule has 0 saturated carbocycles. The minimum absolute atomic E-state index is 0.0520. The highest BCUT2D eigenvalue weighted by molar-refractivity contribution is 8.15. The van der Waals surface area contributed by atoms with E-state index in [4.69, 9.17) is 9.47 Å². The monoisotopic (exact) mass is 465 g/mol. The number of amidine groups is 1. The number of nitrogens with zero attached hydrogens (tertiary/aromatic N) is 3. The molecule has 0 aromatic heterocycles. The van der Waals surface area contributed by atoms with Crippen LogP contribution in [0.5, 0.6) is 5.75 Å². The Bertz CT molecular complexity index is 1050. The van der Waals surface area contributed by atoms with Gasteiger partial charge in [0.1, 0.15) is 11.4 Å². The SMILES string of the molecule is CC[C@@H](SC1=N/C(=C\c2ccccc2)C(=O)N1c1ccc(OC)cc1)C(=O)N1CCOCC1. The fraction of sp³-hybridized carbons (Fsp3) is 0.320. The van der Waals surface area contributed by atoms with Crippen molar-refractivity contribution in [2.45, 2.75) is 18.6 Å². The summed E-state index contributed by atoms with van der Waals surface area (Å²) < 4.78 is 10.6. The number of ether oxygens (including phenoxy) is 2. The van der Waals surface area contributed by atoms with E-state index in [1.54, 1.807) is 30.2 Å². The molecule has 2 amide bonds. The molecule has 1 saturated heterocycles. The lowest BCUT2D eigenvalue weighted by atomic mass is 10.2. The van der Waals surface area contributed by atoms with Crippen LogP contribution in [0.4, 0.5) is 5.69 Å². The number of rotatable bonds is 6. The zero-order valence-corrected chi connectivity index (χ0v) is 19.6. The van der Waals surface area contributed by atoms with Crippen molar-refractivity contribution in [3.63, 3.8) is 0 Å². The van der Waals surface area contributed by atoms with E-state index in [2.05, 4.69) is 4.99 Å². The maximum Gasteiger partial charge on any atom is 0.283 e. The summed E-state index contributed by atoms with van der Waals surface area (Å²) in [5, 5.41) is 0.160. The van der Waals surface area contributed by atoms with Gasteiger partial charge in [0, 0.05) is 13.1 Å². The molecule has 2 aliphatic heterocycles. The van der Waals surface area contributed by atoms with Gasteiger partial charge in [0.25, 0.3) is 5.91 Å². The number of amides is 2. The second kappa shape index (κ2) is 10.7. The van der Waals surface area contributed by atoms with E-state index >= 15 is 0 Å². The van der Waals surface area contributed by atoms with Crippen LogP contribution >= 0.6 is 11.8 Å². The molecule has 0 bridgehead atoms. The molecule has 2 aromatic carbocycles. The minimum Gasteiger partial charge on any atom is -0.497 e. The standard InChI is InChI=1S/C25H27N3O4S/c1-3-22(24(30)27-13-15-32-16-14-27)33-25-26-21(17-18-7-5-4-6-8-18)23(29)28(25)19-9-11-20(31-2)12-10-19/h4-12,17,22H,3,13-16H2,1-2H3/b21-17-/t22-/m1/s1. The Kier molecular flexibility index (Phi) is 7.47. The van der Waals surface area contributed by atoms with Gasteiger partial charge in [0.2, 0.25) is 5.91 Å². The third-order valence-corrected chi connectivity index (χ3v) is 6.78. The second-order valence-electron chi connectivity index (χ2n) is 7.63. The van der Waals surface area contributed by atoms with Gasteiger partial charge in [-0.15, -0.1) is 0 Å². The Morgan fingerprint density at radius 1 is 1.15 bits per heavy atom. The van der Waals surface area contributed by atoms with E-state index in [0.29, 0.717) is 55.0 Å². The zero-order chi connectivity index (χ0) is 23.2. The summed E-state index contributed by atoms with van der Waals surface area (Å²) in [6.45, 7) is 4.25. The van der Waals surface area contributed by atoms with Gasteiger partial charge in [0.05, 0.1) is 31.3 Å². The number of hydrogen-bond donors (Lipinski definition) is 0.